The van der Waals surface area contributed by atoms with Crippen molar-refractivity contribution in [2.24, 2.45) is 0 Å². The van der Waals surface area contributed by atoms with Crippen LogP contribution in [0.2, 0.25) is 0 Å². The van der Waals surface area contributed by atoms with E-state index >= 15 is 0 Å². The molecular weight excluding hydrogens is 380 g/mol. The van der Waals surface area contributed by atoms with Gasteiger partial charge >= 0.3 is 0 Å². The number of ketones is 2. The second-order valence-electron chi connectivity index (χ2n) is 7.63. The van der Waals surface area contributed by atoms with Crippen molar-refractivity contribution in [1.82, 2.24) is 0 Å². The first kappa shape index (κ1) is 20.5. The first-order chi connectivity index (χ1) is 15.2. The highest BCUT2D eigenvalue weighted by Crippen LogP contribution is 2.39. The minimum atomic E-state index is -0.460. The van der Waals surface area contributed by atoms with Crippen molar-refractivity contribution in [2.45, 2.75) is 18.3 Å². The van der Waals surface area contributed by atoms with Crippen molar-refractivity contribution in [1.29, 1.82) is 0 Å². The van der Waals surface area contributed by atoms with Crippen LogP contribution in [0.1, 0.15) is 50.1 Å². The fourth-order valence-electron chi connectivity index (χ4n) is 4.08. The molecule has 0 N–H and O–H groups in total. The molecule has 4 aromatic carbocycles. The van der Waals surface area contributed by atoms with E-state index < -0.39 is 5.92 Å². The van der Waals surface area contributed by atoms with E-state index in [-0.39, 0.29) is 23.9 Å². The van der Waals surface area contributed by atoms with Gasteiger partial charge in [-0.25, -0.2) is 0 Å². The summed E-state index contributed by atoms with van der Waals surface area (Å²) in [6.07, 6.45) is 0.256. The molecule has 2 heteroatoms. The summed E-state index contributed by atoms with van der Waals surface area (Å²) in [5.41, 5.74) is 3.24. The van der Waals surface area contributed by atoms with Crippen LogP contribution in [0.5, 0.6) is 0 Å². The van der Waals surface area contributed by atoms with Crippen LogP contribution in [0, 0.1) is 0 Å². The first-order valence-electron chi connectivity index (χ1n) is 10.5. The highest BCUT2D eigenvalue weighted by molar-refractivity contribution is 6.03. The number of benzene rings is 4. The van der Waals surface area contributed by atoms with Crippen LogP contribution >= 0.6 is 0 Å². The normalized spacial score (nSPS) is 12.6. The zero-order valence-corrected chi connectivity index (χ0v) is 17.2. The predicted octanol–water partition coefficient (Wildman–Crippen LogP) is 6.71. The Morgan fingerprint density at radius 2 is 0.935 bits per heavy atom. The number of hydrogen-bond donors (Lipinski definition) is 0. The van der Waals surface area contributed by atoms with E-state index in [4.69, 9.17) is 0 Å². The van der Waals surface area contributed by atoms with Crippen molar-refractivity contribution in [3.8, 4) is 0 Å². The Balaban J connectivity index is 1.80. The van der Waals surface area contributed by atoms with Gasteiger partial charge in [-0.1, -0.05) is 121 Å². The van der Waals surface area contributed by atoms with E-state index in [2.05, 4.69) is 0 Å². The van der Waals surface area contributed by atoms with Gasteiger partial charge in [-0.3, -0.25) is 9.59 Å². The molecule has 2 nitrogen and oxygen atoms in total. The minimum Gasteiger partial charge on any atom is -0.294 e. The molecule has 0 saturated carbocycles. The van der Waals surface area contributed by atoms with Crippen LogP contribution in [0.15, 0.2) is 121 Å². The molecule has 0 fully saturated rings. The Labute approximate surface area is 183 Å². The molecule has 4 rings (SSSR count). The molecule has 0 unspecified atom stereocenters. The first-order valence-corrected chi connectivity index (χ1v) is 10.5. The summed E-state index contributed by atoms with van der Waals surface area (Å²) in [5, 5.41) is 0. The molecule has 0 radical (unpaired) electrons. The summed E-state index contributed by atoms with van der Waals surface area (Å²) in [4.78, 5) is 27.0. The standard InChI is InChI=1S/C29H24O2/c30-27(23-15-7-2-8-16-23)21-26(22-13-5-1-6-14-22)28(24-17-9-3-10-18-24)29(31)25-19-11-4-12-20-25/h1-20,26,28H,21H2/t26-,28+/m0/s1. The van der Waals surface area contributed by atoms with Crippen LogP contribution in [0.3, 0.4) is 0 Å². The molecular formula is C29H24O2. The second-order valence-corrected chi connectivity index (χ2v) is 7.63. The van der Waals surface area contributed by atoms with Gasteiger partial charge in [-0.2, -0.15) is 0 Å². The summed E-state index contributed by atoms with van der Waals surface area (Å²) >= 11 is 0. The van der Waals surface area contributed by atoms with Crippen LogP contribution in [0.25, 0.3) is 0 Å². The van der Waals surface area contributed by atoms with Crippen LogP contribution in [-0.4, -0.2) is 11.6 Å². The highest BCUT2D eigenvalue weighted by atomic mass is 16.1. The van der Waals surface area contributed by atoms with Gasteiger partial charge in [0, 0.05) is 23.5 Å². The zero-order valence-electron chi connectivity index (χ0n) is 17.2. The fourth-order valence-corrected chi connectivity index (χ4v) is 4.08. The van der Waals surface area contributed by atoms with Gasteiger partial charge in [-0.05, 0) is 11.1 Å². The Hall–Kier alpha value is -3.78. The quantitative estimate of drug-likeness (QED) is 0.306. The summed E-state index contributed by atoms with van der Waals surface area (Å²) in [6, 6.07) is 38.4. The van der Waals surface area contributed by atoms with E-state index in [9.17, 15) is 9.59 Å². The Morgan fingerprint density at radius 3 is 1.45 bits per heavy atom. The lowest BCUT2D eigenvalue weighted by Gasteiger charge is -2.27. The SMILES string of the molecule is O=C(C[C@@H](c1ccccc1)[C@H](C(=O)c1ccccc1)c1ccccc1)c1ccccc1. The molecule has 0 saturated heterocycles. The van der Waals surface area contributed by atoms with Crippen LogP contribution in [0.4, 0.5) is 0 Å². The largest absolute Gasteiger partial charge is 0.294 e. The van der Waals surface area contributed by atoms with Crippen molar-refractivity contribution in [2.75, 3.05) is 0 Å². The maximum Gasteiger partial charge on any atom is 0.170 e. The number of rotatable bonds is 8. The molecule has 0 aliphatic heterocycles. The van der Waals surface area contributed by atoms with Gasteiger partial charge < -0.3 is 0 Å². The fraction of sp³-hybridized carbons (Fsp3) is 0.103. The summed E-state index contributed by atoms with van der Waals surface area (Å²) < 4.78 is 0. The maximum atomic E-state index is 13.8. The minimum absolute atomic E-state index is 0.0292. The van der Waals surface area contributed by atoms with E-state index in [1.54, 1.807) is 0 Å². The molecule has 0 aliphatic carbocycles. The Kier molecular flexibility index (Phi) is 6.49. The van der Waals surface area contributed by atoms with Gasteiger partial charge in [0.1, 0.15) is 0 Å². The number of hydrogen-bond acceptors (Lipinski definition) is 2. The van der Waals surface area contributed by atoms with Crippen LogP contribution in [-0.2, 0) is 0 Å². The van der Waals surface area contributed by atoms with Crippen molar-refractivity contribution >= 4 is 11.6 Å². The molecule has 31 heavy (non-hydrogen) atoms. The molecule has 0 heterocycles. The summed E-state index contributed by atoms with van der Waals surface area (Å²) in [7, 11) is 0. The number of Topliss-reactive ketones (excluding diaryl/α,β-unsaturated/α-hetero) is 2. The summed E-state index contributed by atoms with van der Waals surface area (Å²) in [6.45, 7) is 0. The zero-order chi connectivity index (χ0) is 21.5. The monoisotopic (exact) mass is 404 g/mol. The topological polar surface area (TPSA) is 34.1 Å². The third kappa shape index (κ3) is 4.87. The smallest absolute Gasteiger partial charge is 0.170 e. The Morgan fingerprint density at radius 1 is 0.516 bits per heavy atom. The predicted molar refractivity (Wildman–Crippen MR) is 125 cm³/mol. The van der Waals surface area contributed by atoms with E-state index in [1.165, 1.54) is 0 Å². The average Bonchev–Trinajstić information content (AvgIpc) is 2.85. The Bertz CT molecular complexity index is 1120. The van der Waals surface area contributed by atoms with Gasteiger partial charge in [-0.15, -0.1) is 0 Å². The molecule has 0 bridgehead atoms. The average molecular weight is 405 g/mol. The van der Waals surface area contributed by atoms with Crippen molar-refractivity contribution < 1.29 is 9.59 Å². The molecule has 0 amide bonds. The summed E-state index contributed by atoms with van der Waals surface area (Å²) in [5.74, 6) is -0.666. The molecule has 0 aromatic heterocycles. The van der Waals surface area contributed by atoms with Crippen molar-refractivity contribution in [3.63, 3.8) is 0 Å². The van der Waals surface area contributed by atoms with E-state index in [0.717, 1.165) is 11.1 Å². The van der Waals surface area contributed by atoms with Gasteiger partial charge in [0.25, 0.3) is 0 Å². The third-order valence-corrected chi connectivity index (χ3v) is 5.63. The lowest BCUT2D eigenvalue weighted by atomic mass is 9.74. The maximum absolute atomic E-state index is 13.8. The van der Waals surface area contributed by atoms with Gasteiger partial charge in [0.05, 0.1) is 5.92 Å². The van der Waals surface area contributed by atoms with Gasteiger partial charge in [0.15, 0.2) is 11.6 Å². The molecule has 0 aliphatic rings. The molecule has 152 valence electrons. The second kappa shape index (κ2) is 9.82. The van der Waals surface area contributed by atoms with E-state index in [0.29, 0.717) is 11.1 Å². The molecule has 4 aromatic rings. The highest BCUT2D eigenvalue weighted by Gasteiger charge is 2.33. The van der Waals surface area contributed by atoms with E-state index in [1.807, 2.05) is 121 Å². The molecule has 2 atom stereocenters. The van der Waals surface area contributed by atoms with Crippen LogP contribution < -0.4 is 0 Å². The lowest BCUT2D eigenvalue weighted by Crippen LogP contribution is -2.23. The molecule has 0 spiro atoms. The lowest BCUT2D eigenvalue weighted by molar-refractivity contribution is 0.0921. The van der Waals surface area contributed by atoms with Crippen molar-refractivity contribution in [3.05, 3.63) is 144 Å². The number of carbonyl (C=O) groups excluding carboxylic acids is 2. The number of carbonyl (C=O) groups is 2. The van der Waals surface area contributed by atoms with Gasteiger partial charge in [0.2, 0.25) is 0 Å². The third-order valence-electron chi connectivity index (χ3n) is 5.63.